The first-order chi connectivity index (χ1) is 11.0. The van der Waals surface area contributed by atoms with Gasteiger partial charge in [-0.2, -0.15) is 0 Å². The van der Waals surface area contributed by atoms with Crippen LogP contribution in [-0.2, 0) is 20.7 Å². The molecule has 0 unspecified atom stereocenters. The maximum atomic E-state index is 12.9. The van der Waals surface area contributed by atoms with Gasteiger partial charge >= 0.3 is 0 Å². The first-order valence-electron chi connectivity index (χ1n) is 7.87. The molecule has 1 heterocycles. The molecule has 23 heavy (non-hydrogen) atoms. The highest BCUT2D eigenvalue weighted by atomic mass is 19.1. The number of halogens is 1. The molecule has 0 aliphatic carbocycles. The number of hydrogen-bond donors (Lipinski definition) is 1. The summed E-state index contributed by atoms with van der Waals surface area (Å²) in [5, 5.41) is 2.81. The van der Waals surface area contributed by atoms with Crippen LogP contribution >= 0.6 is 0 Å². The smallest absolute Gasteiger partial charge is 0.245 e. The molecule has 2 amide bonds. The van der Waals surface area contributed by atoms with Gasteiger partial charge in [0, 0.05) is 13.1 Å². The van der Waals surface area contributed by atoms with Crippen molar-refractivity contribution < 1.29 is 18.7 Å². The molecule has 126 valence electrons. The van der Waals surface area contributed by atoms with Crippen LogP contribution < -0.4 is 5.32 Å². The van der Waals surface area contributed by atoms with Crippen LogP contribution in [-0.4, -0.2) is 49.1 Å². The molecular formula is C17H23FN2O3. The number of carbonyl (C=O) groups excluding carboxylic acids is 2. The average Bonchev–Trinajstić information content (AvgIpc) is 2.55. The van der Waals surface area contributed by atoms with Crippen LogP contribution in [0.4, 0.5) is 4.39 Å². The van der Waals surface area contributed by atoms with E-state index in [1.807, 2.05) is 13.8 Å². The third-order valence-electron chi connectivity index (χ3n) is 3.85. The van der Waals surface area contributed by atoms with Gasteiger partial charge in [-0.15, -0.1) is 0 Å². The fraction of sp³-hybridized carbons (Fsp3) is 0.529. The predicted molar refractivity (Wildman–Crippen MR) is 84.3 cm³/mol. The number of nitrogens with one attached hydrogen (secondary N) is 1. The summed E-state index contributed by atoms with van der Waals surface area (Å²) in [6.45, 7) is 5.97. The zero-order chi connectivity index (χ0) is 16.8. The lowest BCUT2D eigenvalue weighted by Crippen LogP contribution is -2.54. The molecule has 0 spiro atoms. The van der Waals surface area contributed by atoms with E-state index < -0.39 is 6.04 Å². The lowest BCUT2D eigenvalue weighted by Gasteiger charge is -2.32. The van der Waals surface area contributed by atoms with Crippen LogP contribution in [0, 0.1) is 11.7 Å². The minimum Gasteiger partial charge on any atom is -0.378 e. The van der Waals surface area contributed by atoms with Crippen LogP contribution in [0.2, 0.25) is 0 Å². The minimum absolute atomic E-state index is 0.0116. The molecule has 1 aliphatic heterocycles. The van der Waals surface area contributed by atoms with E-state index >= 15 is 0 Å². The molecule has 1 saturated heterocycles. The molecular weight excluding hydrogens is 299 g/mol. The molecule has 6 heteroatoms. The first kappa shape index (κ1) is 17.4. The van der Waals surface area contributed by atoms with Gasteiger partial charge in [0.15, 0.2) is 0 Å². The number of nitrogens with zero attached hydrogens (tertiary/aromatic N) is 1. The van der Waals surface area contributed by atoms with Crippen molar-refractivity contribution in [1.82, 2.24) is 10.2 Å². The highest BCUT2D eigenvalue weighted by Gasteiger charge is 2.29. The van der Waals surface area contributed by atoms with Crippen molar-refractivity contribution in [1.29, 1.82) is 0 Å². The summed E-state index contributed by atoms with van der Waals surface area (Å²) >= 11 is 0. The van der Waals surface area contributed by atoms with E-state index in [0.717, 1.165) is 0 Å². The van der Waals surface area contributed by atoms with Gasteiger partial charge < -0.3 is 15.0 Å². The van der Waals surface area contributed by atoms with E-state index in [4.69, 9.17) is 4.74 Å². The third kappa shape index (κ3) is 5.03. The average molecular weight is 322 g/mol. The van der Waals surface area contributed by atoms with E-state index in [9.17, 15) is 14.0 Å². The summed E-state index contributed by atoms with van der Waals surface area (Å²) < 4.78 is 18.1. The molecule has 0 radical (unpaired) electrons. The predicted octanol–water partition coefficient (Wildman–Crippen LogP) is 1.37. The Balaban J connectivity index is 1.96. The number of ether oxygens (including phenoxy) is 1. The van der Waals surface area contributed by atoms with E-state index in [0.29, 0.717) is 31.9 Å². The summed E-state index contributed by atoms with van der Waals surface area (Å²) in [5.41, 5.74) is 0.713. The SMILES string of the molecule is CC(C)[C@@H](NC(=O)Cc1ccc(F)cc1)C(=O)N1CCOCC1. The molecule has 5 nitrogen and oxygen atoms in total. The maximum absolute atomic E-state index is 12.9. The normalized spacial score (nSPS) is 16.3. The van der Waals surface area contributed by atoms with Gasteiger partial charge in [-0.3, -0.25) is 9.59 Å². The van der Waals surface area contributed by atoms with Crippen molar-refractivity contribution in [3.05, 3.63) is 35.6 Å². The highest BCUT2D eigenvalue weighted by molar-refractivity contribution is 5.88. The quantitative estimate of drug-likeness (QED) is 0.891. The number of hydrogen-bond acceptors (Lipinski definition) is 3. The van der Waals surface area contributed by atoms with E-state index in [1.54, 1.807) is 17.0 Å². The van der Waals surface area contributed by atoms with Gasteiger partial charge in [0.05, 0.1) is 19.6 Å². The van der Waals surface area contributed by atoms with Crippen molar-refractivity contribution in [2.24, 2.45) is 5.92 Å². The molecule has 1 atom stereocenters. The van der Waals surface area contributed by atoms with E-state index in [-0.39, 0.29) is 30.0 Å². The standard InChI is InChI=1S/C17H23FN2O3/c1-12(2)16(17(22)20-7-9-23-10-8-20)19-15(21)11-13-3-5-14(18)6-4-13/h3-6,12,16H,7-11H2,1-2H3,(H,19,21)/t16-/m1/s1. The lowest BCUT2D eigenvalue weighted by molar-refractivity contribution is -0.141. The molecule has 0 saturated carbocycles. The van der Waals surface area contributed by atoms with Crippen molar-refractivity contribution in [3.63, 3.8) is 0 Å². The van der Waals surface area contributed by atoms with Crippen molar-refractivity contribution >= 4 is 11.8 Å². The number of amides is 2. The monoisotopic (exact) mass is 322 g/mol. The largest absolute Gasteiger partial charge is 0.378 e. The summed E-state index contributed by atoms with van der Waals surface area (Å²) in [7, 11) is 0. The molecule has 1 aromatic rings. The Morgan fingerprint density at radius 3 is 2.39 bits per heavy atom. The van der Waals surface area contributed by atoms with Crippen LogP contribution in [0.1, 0.15) is 19.4 Å². The Labute approximate surface area is 135 Å². The Morgan fingerprint density at radius 2 is 1.83 bits per heavy atom. The lowest BCUT2D eigenvalue weighted by atomic mass is 10.0. The summed E-state index contributed by atoms with van der Waals surface area (Å²) in [6.07, 6.45) is 0.125. The minimum atomic E-state index is -0.555. The molecule has 0 aromatic heterocycles. The third-order valence-corrected chi connectivity index (χ3v) is 3.85. The summed E-state index contributed by atoms with van der Waals surface area (Å²) in [6, 6.07) is 5.23. The fourth-order valence-corrected chi connectivity index (χ4v) is 2.51. The van der Waals surface area contributed by atoms with Gasteiger partial charge in [0.25, 0.3) is 0 Å². The highest BCUT2D eigenvalue weighted by Crippen LogP contribution is 2.10. The molecule has 1 aromatic carbocycles. The number of carbonyl (C=O) groups is 2. The molecule has 1 fully saturated rings. The summed E-state index contributed by atoms with van der Waals surface area (Å²) in [5.74, 6) is -0.660. The number of benzene rings is 1. The topological polar surface area (TPSA) is 58.6 Å². The Kier molecular flexibility index (Phi) is 6.10. The van der Waals surface area contributed by atoms with Gasteiger partial charge in [-0.25, -0.2) is 4.39 Å². The van der Waals surface area contributed by atoms with Crippen LogP contribution in [0.5, 0.6) is 0 Å². The second kappa shape index (κ2) is 8.06. The zero-order valence-corrected chi connectivity index (χ0v) is 13.5. The number of rotatable bonds is 5. The van der Waals surface area contributed by atoms with Crippen molar-refractivity contribution in [2.75, 3.05) is 26.3 Å². The van der Waals surface area contributed by atoms with Gasteiger partial charge in [-0.05, 0) is 23.6 Å². The Bertz CT molecular complexity index is 539. The second-order valence-corrected chi connectivity index (χ2v) is 6.03. The number of morpholine rings is 1. The Hall–Kier alpha value is -1.95. The Morgan fingerprint density at radius 1 is 1.22 bits per heavy atom. The maximum Gasteiger partial charge on any atom is 0.245 e. The molecule has 1 aliphatic rings. The van der Waals surface area contributed by atoms with Crippen LogP contribution in [0.15, 0.2) is 24.3 Å². The van der Waals surface area contributed by atoms with Gasteiger partial charge in [0.1, 0.15) is 11.9 Å². The van der Waals surface area contributed by atoms with Crippen molar-refractivity contribution in [3.8, 4) is 0 Å². The summed E-state index contributed by atoms with van der Waals surface area (Å²) in [4.78, 5) is 26.5. The zero-order valence-electron chi connectivity index (χ0n) is 13.5. The van der Waals surface area contributed by atoms with Crippen molar-refractivity contribution in [2.45, 2.75) is 26.3 Å². The van der Waals surface area contributed by atoms with E-state index in [2.05, 4.69) is 5.32 Å². The first-order valence-corrected chi connectivity index (χ1v) is 7.87. The van der Waals surface area contributed by atoms with E-state index in [1.165, 1.54) is 12.1 Å². The molecule has 2 rings (SSSR count). The molecule has 0 bridgehead atoms. The van der Waals surface area contributed by atoms with Crippen LogP contribution in [0.25, 0.3) is 0 Å². The van der Waals surface area contributed by atoms with Gasteiger partial charge in [-0.1, -0.05) is 26.0 Å². The van der Waals surface area contributed by atoms with Gasteiger partial charge in [0.2, 0.25) is 11.8 Å². The second-order valence-electron chi connectivity index (χ2n) is 6.03. The fourth-order valence-electron chi connectivity index (χ4n) is 2.51. The molecule has 1 N–H and O–H groups in total. The van der Waals surface area contributed by atoms with Crippen LogP contribution in [0.3, 0.4) is 0 Å².